The SMILES string of the molecule is COc1ccc([CH]c2cccs2)cc1. The highest BCUT2D eigenvalue weighted by Gasteiger charge is 1.97. The summed E-state index contributed by atoms with van der Waals surface area (Å²) in [4.78, 5) is 1.27. The summed E-state index contributed by atoms with van der Waals surface area (Å²) in [7, 11) is 1.68. The van der Waals surface area contributed by atoms with Crippen LogP contribution >= 0.6 is 11.3 Å². The van der Waals surface area contributed by atoms with Crippen molar-refractivity contribution in [2.24, 2.45) is 0 Å². The lowest BCUT2D eigenvalue weighted by Crippen LogP contribution is -1.84. The Morgan fingerprint density at radius 1 is 1.14 bits per heavy atom. The zero-order valence-electron chi connectivity index (χ0n) is 7.94. The maximum atomic E-state index is 5.09. The number of methoxy groups -OCH3 is 1. The summed E-state index contributed by atoms with van der Waals surface area (Å²) in [5.74, 6) is 0.897. The molecule has 0 N–H and O–H groups in total. The van der Waals surface area contributed by atoms with E-state index in [4.69, 9.17) is 4.74 Å². The van der Waals surface area contributed by atoms with E-state index in [9.17, 15) is 0 Å². The van der Waals surface area contributed by atoms with Crippen molar-refractivity contribution in [2.45, 2.75) is 0 Å². The van der Waals surface area contributed by atoms with Gasteiger partial charge in [0, 0.05) is 11.3 Å². The van der Waals surface area contributed by atoms with Crippen LogP contribution in [0.15, 0.2) is 41.8 Å². The van der Waals surface area contributed by atoms with Crippen LogP contribution < -0.4 is 4.74 Å². The molecule has 14 heavy (non-hydrogen) atoms. The van der Waals surface area contributed by atoms with E-state index >= 15 is 0 Å². The van der Waals surface area contributed by atoms with Gasteiger partial charge in [-0.25, -0.2) is 0 Å². The fraction of sp³-hybridized carbons (Fsp3) is 0.0833. The third kappa shape index (κ3) is 2.15. The molecule has 71 valence electrons. The molecule has 1 heterocycles. The van der Waals surface area contributed by atoms with Crippen LogP contribution in [0.4, 0.5) is 0 Å². The van der Waals surface area contributed by atoms with Gasteiger partial charge < -0.3 is 4.74 Å². The Morgan fingerprint density at radius 3 is 2.50 bits per heavy atom. The minimum absolute atomic E-state index is 0.897. The van der Waals surface area contributed by atoms with Crippen molar-refractivity contribution in [3.63, 3.8) is 0 Å². The Bertz CT molecular complexity index is 375. The molecule has 0 aliphatic heterocycles. The van der Waals surface area contributed by atoms with Gasteiger partial charge in [0.1, 0.15) is 5.75 Å². The first-order chi connectivity index (χ1) is 6.88. The largest absolute Gasteiger partial charge is 0.497 e. The average molecular weight is 203 g/mol. The summed E-state index contributed by atoms with van der Waals surface area (Å²) in [5.41, 5.74) is 1.20. The van der Waals surface area contributed by atoms with Crippen LogP contribution in [0.5, 0.6) is 5.75 Å². The summed E-state index contributed by atoms with van der Waals surface area (Å²) < 4.78 is 5.09. The molecule has 0 fully saturated rings. The smallest absolute Gasteiger partial charge is 0.118 e. The van der Waals surface area contributed by atoms with Crippen LogP contribution in [-0.4, -0.2) is 7.11 Å². The monoisotopic (exact) mass is 203 g/mol. The fourth-order valence-corrected chi connectivity index (χ4v) is 1.91. The molecule has 2 heteroatoms. The maximum absolute atomic E-state index is 5.09. The zero-order valence-corrected chi connectivity index (χ0v) is 8.75. The van der Waals surface area contributed by atoms with Gasteiger partial charge in [-0.05, 0) is 29.1 Å². The lowest BCUT2D eigenvalue weighted by Gasteiger charge is -2.01. The lowest BCUT2D eigenvalue weighted by atomic mass is 10.1. The van der Waals surface area contributed by atoms with Gasteiger partial charge in [0.05, 0.1) is 7.11 Å². The third-order valence-electron chi connectivity index (χ3n) is 1.97. The Balaban J connectivity index is 2.10. The van der Waals surface area contributed by atoms with E-state index in [2.05, 4.69) is 36.1 Å². The number of hydrogen-bond donors (Lipinski definition) is 0. The molecule has 0 amide bonds. The topological polar surface area (TPSA) is 9.23 Å². The van der Waals surface area contributed by atoms with Gasteiger partial charge in [-0.1, -0.05) is 18.2 Å². The molecule has 1 aromatic heterocycles. The van der Waals surface area contributed by atoms with Gasteiger partial charge in [0.15, 0.2) is 0 Å². The van der Waals surface area contributed by atoms with Crippen molar-refractivity contribution in [3.05, 3.63) is 58.6 Å². The molecule has 0 aliphatic carbocycles. The Morgan fingerprint density at radius 2 is 1.93 bits per heavy atom. The molecular formula is C12H11OS. The van der Waals surface area contributed by atoms with Crippen molar-refractivity contribution in [2.75, 3.05) is 7.11 Å². The average Bonchev–Trinajstić information content (AvgIpc) is 2.72. The van der Waals surface area contributed by atoms with E-state index in [1.165, 1.54) is 10.4 Å². The highest BCUT2D eigenvalue weighted by atomic mass is 32.1. The number of hydrogen-bond acceptors (Lipinski definition) is 2. The maximum Gasteiger partial charge on any atom is 0.118 e. The molecule has 0 unspecified atom stereocenters. The first-order valence-corrected chi connectivity index (χ1v) is 5.29. The highest BCUT2D eigenvalue weighted by molar-refractivity contribution is 7.10. The van der Waals surface area contributed by atoms with Gasteiger partial charge in [0.2, 0.25) is 0 Å². The minimum atomic E-state index is 0.897. The minimum Gasteiger partial charge on any atom is -0.497 e. The molecule has 2 rings (SSSR count). The van der Waals surface area contributed by atoms with E-state index < -0.39 is 0 Å². The second kappa shape index (κ2) is 4.29. The highest BCUT2D eigenvalue weighted by Crippen LogP contribution is 2.19. The lowest BCUT2D eigenvalue weighted by molar-refractivity contribution is 0.414. The molecule has 0 atom stereocenters. The number of rotatable bonds is 3. The quantitative estimate of drug-likeness (QED) is 0.743. The molecule has 0 spiro atoms. The molecule has 1 nitrogen and oxygen atoms in total. The fourth-order valence-electron chi connectivity index (χ4n) is 1.24. The molecule has 0 bridgehead atoms. The molecule has 1 radical (unpaired) electrons. The summed E-state index contributed by atoms with van der Waals surface area (Å²) in [5, 5.41) is 2.08. The van der Waals surface area contributed by atoms with Crippen molar-refractivity contribution < 1.29 is 4.74 Å². The van der Waals surface area contributed by atoms with Crippen LogP contribution in [0.1, 0.15) is 10.4 Å². The molecule has 2 aromatic rings. The first-order valence-electron chi connectivity index (χ1n) is 4.41. The summed E-state index contributed by atoms with van der Waals surface area (Å²) in [6.07, 6.45) is 2.16. The van der Waals surface area contributed by atoms with Crippen molar-refractivity contribution in [1.29, 1.82) is 0 Å². The van der Waals surface area contributed by atoms with Crippen LogP contribution in [-0.2, 0) is 0 Å². The predicted molar refractivity (Wildman–Crippen MR) is 59.8 cm³/mol. The summed E-state index contributed by atoms with van der Waals surface area (Å²) >= 11 is 1.74. The van der Waals surface area contributed by atoms with Gasteiger partial charge in [-0.3, -0.25) is 0 Å². The Kier molecular flexibility index (Phi) is 2.84. The zero-order chi connectivity index (χ0) is 9.80. The molecular weight excluding hydrogens is 192 g/mol. The van der Waals surface area contributed by atoms with Crippen molar-refractivity contribution in [1.82, 2.24) is 0 Å². The Labute approximate surface area is 88.0 Å². The van der Waals surface area contributed by atoms with E-state index in [-0.39, 0.29) is 0 Å². The summed E-state index contributed by atoms with van der Waals surface area (Å²) in [6.45, 7) is 0. The Hall–Kier alpha value is -1.28. The van der Waals surface area contributed by atoms with Gasteiger partial charge in [-0.15, -0.1) is 11.3 Å². The number of thiophene rings is 1. The van der Waals surface area contributed by atoms with Gasteiger partial charge >= 0.3 is 0 Å². The van der Waals surface area contributed by atoms with Crippen LogP contribution in [0.2, 0.25) is 0 Å². The van der Waals surface area contributed by atoms with Crippen molar-refractivity contribution >= 4 is 11.3 Å². The van der Waals surface area contributed by atoms with E-state index in [0.29, 0.717) is 0 Å². The normalized spacial score (nSPS) is 10.1. The van der Waals surface area contributed by atoms with E-state index in [1.807, 2.05) is 12.1 Å². The van der Waals surface area contributed by atoms with E-state index in [0.717, 1.165) is 5.75 Å². The molecule has 0 saturated carbocycles. The van der Waals surface area contributed by atoms with Crippen LogP contribution in [0.25, 0.3) is 0 Å². The van der Waals surface area contributed by atoms with Crippen molar-refractivity contribution in [3.8, 4) is 5.75 Å². The second-order valence-corrected chi connectivity index (χ2v) is 3.91. The number of ether oxygens (including phenoxy) is 1. The summed E-state index contributed by atoms with van der Waals surface area (Å²) in [6, 6.07) is 12.2. The molecule has 0 saturated heterocycles. The second-order valence-electron chi connectivity index (χ2n) is 2.93. The van der Waals surface area contributed by atoms with Gasteiger partial charge in [-0.2, -0.15) is 0 Å². The molecule has 0 aliphatic rings. The van der Waals surface area contributed by atoms with Gasteiger partial charge in [0.25, 0.3) is 0 Å². The number of benzene rings is 1. The van der Waals surface area contributed by atoms with Crippen LogP contribution in [0, 0.1) is 6.42 Å². The standard InChI is InChI=1S/C12H11OS/c1-13-11-6-4-10(5-7-11)9-12-3-2-8-14-12/h2-9H,1H3. The first kappa shape index (κ1) is 9.28. The predicted octanol–water partition coefficient (Wildman–Crippen LogP) is 3.36. The third-order valence-corrected chi connectivity index (χ3v) is 2.79. The van der Waals surface area contributed by atoms with Crippen LogP contribution in [0.3, 0.4) is 0 Å². The van der Waals surface area contributed by atoms with E-state index in [1.54, 1.807) is 18.4 Å². The molecule has 1 aromatic carbocycles.